The first kappa shape index (κ1) is 16.8. The van der Waals surface area contributed by atoms with Gasteiger partial charge in [-0.1, -0.05) is 26.0 Å². The number of nitrogens with one attached hydrogen (secondary N) is 1. The third-order valence-electron chi connectivity index (χ3n) is 7.17. The molecule has 3 aliphatic carbocycles. The summed E-state index contributed by atoms with van der Waals surface area (Å²) in [7, 11) is 0. The Morgan fingerprint density at radius 2 is 2.00 bits per heavy atom. The first-order chi connectivity index (χ1) is 12.9. The first-order valence-electron chi connectivity index (χ1n) is 9.86. The van der Waals surface area contributed by atoms with E-state index in [9.17, 15) is 9.18 Å². The van der Waals surface area contributed by atoms with Gasteiger partial charge in [-0.25, -0.2) is 4.39 Å². The molecule has 3 aliphatic rings. The van der Waals surface area contributed by atoms with Gasteiger partial charge in [-0.15, -0.1) is 0 Å². The van der Waals surface area contributed by atoms with Gasteiger partial charge in [0, 0.05) is 12.1 Å². The summed E-state index contributed by atoms with van der Waals surface area (Å²) in [6.07, 6.45) is 4.19. The summed E-state index contributed by atoms with van der Waals surface area (Å²) >= 11 is 0. The Kier molecular flexibility index (Phi) is 3.49. The lowest BCUT2D eigenvalue weighted by Gasteiger charge is -2.36. The van der Waals surface area contributed by atoms with Crippen LogP contribution in [0.25, 0.3) is 11.3 Å². The van der Waals surface area contributed by atoms with E-state index in [-0.39, 0.29) is 23.1 Å². The number of fused-ring (bicyclic) bond motifs is 5. The van der Waals surface area contributed by atoms with Crippen LogP contribution in [0, 0.1) is 17.2 Å². The second-order valence-corrected chi connectivity index (χ2v) is 8.89. The standard InChI is InChI=1S/C22H24FN3O/c1-21(2)16-9-10-22(21,20(27)24-12-13-7-8-13)19-15(16)11-18(25-26-19)14-5-3-4-6-17(14)23/h3-6,11,13,16H,7-10,12H2,1-2H3,(H,24,27)/t16-,22?/m1/s1. The molecule has 1 amide bonds. The fraction of sp³-hybridized carbons (Fsp3) is 0.500. The normalized spacial score (nSPS) is 27.4. The summed E-state index contributed by atoms with van der Waals surface area (Å²) in [6, 6.07) is 8.59. The maximum Gasteiger partial charge on any atom is 0.232 e. The zero-order valence-corrected chi connectivity index (χ0v) is 15.8. The van der Waals surface area contributed by atoms with E-state index in [2.05, 4.69) is 29.4 Å². The molecule has 1 N–H and O–H groups in total. The van der Waals surface area contributed by atoms with Crippen molar-refractivity contribution in [3.8, 4) is 11.3 Å². The molecule has 0 spiro atoms. The summed E-state index contributed by atoms with van der Waals surface area (Å²) in [6.45, 7) is 5.11. The highest BCUT2D eigenvalue weighted by Crippen LogP contribution is 2.67. The summed E-state index contributed by atoms with van der Waals surface area (Å²) in [4.78, 5) is 13.3. The highest BCUT2D eigenvalue weighted by atomic mass is 19.1. The van der Waals surface area contributed by atoms with Crippen molar-refractivity contribution in [1.29, 1.82) is 0 Å². The molecule has 0 saturated heterocycles. The van der Waals surface area contributed by atoms with E-state index in [1.165, 1.54) is 18.9 Å². The number of hydrogen-bond donors (Lipinski definition) is 1. The van der Waals surface area contributed by atoms with Gasteiger partial charge in [0.25, 0.3) is 0 Å². The predicted molar refractivity (Wildman–Crippen MR) is 101 cm³/mol. The Balaban J connectivity index is 1.58. The Morgan fingerprint density at radius 3 is 2.74 bits per heavy atom. The van der Waals surface area contributed by atoms with E-state index in [1.807, 2.05) is 6.07 Å². The van der Waals surface area contributed by atoms with Gasteiger partial charge in [-0.05, 0) is 66.7 Å². The van der Waals surface area contributed by atoms with Crippen molar-refractivity contribution < 1.29 is 9.18 Å². The van der Waals surface area contributed by atoms with Gasteiger partial charge in [0.2, 0.25) is 5.91 Å². The van der Waals surface area contributed by atoms with Crippen LogP contribution in [0.15, 0.2) is 30.3 Å². The molecule has 2 fully saturated rings. The van der Waals surface area contributed by atoms with Crippen LogP contribution in [0.4, 0.5) is 4.39 Å². The minimum absolute atomic E-state index is 0.0913. The van der Waals surface area contributed by atoms with Crippen molar-refractivity contribution in [3.63, 3.8) is 0 Å². The van der Waals surface area contributed by atoms with Crippen LogP contribution in [0.3, 0.4) is 0 Å². The molecule has 5 heteroatoms. The van der Waals surface area contributed by atoms with Crippen molar-refractivity contribution in [1.82, 2.24) is 15.5 Å². The Morgan fingerprint density at radius 1 is 1.22 bits per heavy atom. The van der Waals surface area contributed by atoms with Gasteiger partial charge in [-0.3, -0.25) is 4.79 Å². The fourth-order valence-corrected chi connectivity index (χ4v) is 5.34. The van der Waals surface area contributed by atoms with Gasteiger partial charge in [0.05, 0.1) is 16.8 Å². The van der Waals surface area contributed by atoms with Crippen LogP contribution in [0.1, 0.15) is 56.7 Å². The van der Waals surface area contributed by atoms with E-state index >= 15 is 0 Å². The number of amides is 1. The minimum atomic E-state index is -0.622. The van der Waals surface area contributed by atoms with Gasteiger partial charge in [-0.2, -0.15) is 10.2 Å². The van der Waals surface area contributed by atoms with Gasteiger partial charge in [0.15, 0.2) is 0 Å². The Hall–Kier alpha value is -2.30. The van der Waals surface area contributed by atoms with Crippen molar-refractivity contribution in [3.05, 3.63) is 47.4 Å². The molecule has 4 nitrogen and oxygen atoms in total. The molecule has 2 aromatic rings. The highest BCUT2D eigenvalue weighted by molar-refractivity contribution is 5.91. The molecule has 1 heterocycles. The van der Waals surface area contributed by atoms with E-state index in [4.69, 9.17) is 0 Å². The molecule has 2 saturated carbocycles. The van der Waals surface area contributed by atoms with Crippen LogP contribution in [-0.4, -0.2) is 22.6 Å². The van der Waals surface area contributed by atoms with Crippen molar-refractivity contribution in [2.75, 3.05) is 6.54 Å². The molecular formula is C22H24FN3O. The molecule has 2 atom stereocenters. The van der Waals surface area contributed by atoms with Crippen molar-refractivity contribution >= 4 is 5.91 Å². The molecular weight excluding hydrogens is 341 g/mol. The van der Waals surface area contributed by atoms with Gasteiger partial charge in [0.1, 0.15) is 5.82 Å². The molecule has 5 rings (SSSR count). The molecule has 1 aromatic heterocycles. The number of hydrogen-bond acceptors (Lipinski definition) is 3. The van der Waals surface area contributed by atoms with E-state index in [1.54, 1.807) is 18.2 Å². The molecule has 1 unspecified atom stereocenters. The zero-order chi connectivity index (χ0) is 18.8. The molecule has 27 heavy (non-hydrogen) atoms. The third-order valence-corrected chi connectivity index (χ3v) is 7.17. The number of aromatic nitrogens is 2. The second kappa shape index (κ2) is 5.60. The topological polar surface area (TPSA) is 54.9 Å². The molecule has 2 bridgehead atoms. The van der Waals surface area contributed by atoms with Crippen LogP contribution in [-0.2, 0) is 10.2 Å². The Bertz CT molecular complexity index is 937. The largest absolute Gasteiger partial charge is 0.355 e. The average molecular weight is 365 g/mol. The predicted octanol–water partition coefficient (Wildman–Crippen LogP) is 3.96. The smallest absolute Gasteiger partial charge is 0.232 e. The van der Waals surface area contributed by atoms with E-state index < -0.39 is 5.41 Å². The van der Waals surface area contributed by atoms with Crippen molar-refractivity contribution in [2.45, 2.75) is 50.9 Å². The zero-order valence-electron chi connectivity index (χ0n) is 15.8. The first-order valence-corrected chi connectivity index (χ1v) is 9.86. The Labute approximate surface area is 158 Å². The molecule has 0 radical (unpaired) electrons. The van der Waals surface area contributed by atoms with Crippen LogP contribution in [0.2, 0.25) is 0 Å². The third kappa shape index (κ3) is 2.23. The summed E-state index contributed by atoms with van der Waals surface area (Å²) in [5.74, 6) is 0.681. The lowest BCUT2D eigenvalue weighted by atomic mass is 9.67. The maximum atomic E-state index is 14.2. The van der Waals surface area contributed by atoms with Gasteiger partial charge < -0.3 is 5.32 Å². The maximum absolute atomic E-state index is 14.2. The van der Waals surface area contributed by atoms with Gasteiger partial charge >= 0.3 is 0 Å². The number of carbonyl (C=O) groups is 1. The number of carbonyl (C=O) groups excluding carboxylic acids is 1. The summed E-state index contributed by atoms with van der Waals surface area (Å²) in [5, 5.41) is 12.0. The highest BCUT2D eigenvalue weighted by Gasteiger charge is 2.67. The SMILES string of the molecule is CC1(C)[C@@H]2CCC1(C(=O)NCC1CC1)c1nnc(-c3ccccc3F)cc12. The van der Waals surface area contributed by atoms with Crippen LogP contribution < -0.4 is 5.32 Å². The van der Waals surface area contributed by atoms with Crippen LogP contribution >= 0.6 is 0 Å². The number of halogens is 1. The minimum Gasteiger partial charge on any atom is -0.355 e. The molecule has 140 valence electrons. The lowest BCUT2D eigenvalue weighted by molar-refractivity contribution is -0.130. The fourth-order valence-electron chi connectivity index (χ4n) is 5.34. The monoisotopic (exact) mass is 365 g/mol. The summed E-state index contributed by atoms with van der Waals surface area (Å²) < 4.78 is 14.2. The van der Waals surface area contributed by atoms with Crippen molar-refractivity contribution in [2.24, 2.45) is 11.3 Å². The average Bonchev–Trinajstić information content (AvgIpc) is 3.42. The van der Waals surface area contributed by atoms with E-state index in [0.29, 0.717) is 17.2 Å². The number of benzene rings is 1. The lowest BCUT2D eigenvalue weighted by Crippen LogP contribution is -2.50. The number of nitrogens with zero attached hydrogens (tertiary/aromatic N) is 2. The molecule has 1 aromatic carbocycles. The quantitative estimate of drug-likeness (QED) is 0.892. The molecule has 0 aliphatic heterocycles. The van der Waals surface area contributed by atoms with E-state index in [0.717, 1.165) is 30.6 Å². The summed E-state index contributed by atoms with van der Waals surface area (Å²) in [5.41, 5.74) is 2.04. The van der Waals surface area contributed by atoms with Crippen LogP contribution in [0.5, 0.6) is 0 Å². The number of rotatable bonds is 4. The second-order valence-electron chi connectivity index (χ2n) is 8.89.